The molecule has 0 N–H and O–H groups in total. The summed E-state index contributed by atoms with van der Waals surface area (Å²) in [6.07, 6.45) is 8.50. The minimum absolute atomic E-state index is 0.129. The van der Waals surface area contributed by atoms with Gasteiger partial charge in [0.15, 0.2) is 0 Å². The van der Waals surface area contributed by atoms with E-state index in [4.69, 9.17) is 4.42 Å². The molecular formula is C34H40OZr. The molecule has 0 aliphatic heterocycles. The van der Waals surface area contributed by atoms with E-state index >= 15 is 0 Å². The number of benzene rings is 2. The number of furan rings is 1. The Bertz CT molecular complexity index is 1350. The van der Waals surface area contributed by atoms with Gasteiger partial charge in [0, 0.05) is 0 Å². The number of allylic oxidation sites excluding steroid dienone is 4. The third-order valence-electron chi connectivity index (χ3n) is 8.00. The Balaban J connectivity index is 1.79. The first-order valence-electron chi connectivity index (χ1n) is 13.3. The maximum atomic E-state index is 5.53. The summed E-state index contributed by atoms with van der Waals surface area (Å²) >= 11 is -2.36. The van der Waals surface area contributed by atoms with Gasteiger partial charge in [-0.3, -0.25) is 0 Å². The summed E-state index contributed by atoms with van der Waals surface area (Å²) in [5.74, 6) is 0.481. The SMILES string of the molecule is C[C](C)=[Zr]([C]1=C(c2ccoc2)C=CC1C)[CH]1c2ccc(C(C)(C)C)cc2-c2cc(C(C)(C)C)ccc21. The van der Waals surface area contributed by atoms with Crippen molar-refractivity contribution in [2.75, 3.05) is 0 Å². The maximum absolute atomic E-state index is 5.53. The van der Waals surface area contributed by atoms with Crippen molar-refractivity contribution in [2.24, 2.45) is 5.92 Å². The Labute approximate surface area is 225 Å². The zero-order chi connectivity index (χ0) is 26.0. The normalized spacial score (nSPS) is 17.5. The van der Waals surface area contributed by atoms with Crippen molar-refractivity contribution in [2.45, 2.75) is 76.8 Å². The Morgan fingerprint density at radius 3 is 1.81 bits per heavy atom. The molecular weight excluding hydrogens is 516 g/mol. The molecule has 0 bridgehead atoms. The fraction of sp³-hybridized carbons (Fsp3) is 0.382. The molecule has 1 heterocycles. The van der Waals surface area contributed by atoms with Crippen LogP contribution >= 0.6 is 0 Å². The fourth-order valence-corrected chi connectivity index (χ4v) is 14.9. The van der Waals surface area contributed by atoms with E-state index in [-0.39, 0.29) is 10.8 Å². The summed E-state index contributed by atoms with van der Waals surface area (Å²) < 4.78 is 9.40. The fourth-order valence-electron chi connectivity index (χ4n) is 5.94. The van der Waals surface area contributed by atoms with Gasteiger partial charge in [-0.2, -0.15) is 0 Å². The van der Waals surface area contributed by atoms with E-state index in [0.29, 0.717) is 9.54 Å². The van der Waals surface area contributed by atoms with Gasteiger partial charge >= 0.3 is 227 Å². The van der Waals surface area contributed by atoms with Crippen LogP contribution in [-0.2, 0) is 32.1 Å². The Morgan fingerprint density at radius 1 is 0.806 bits per heavy atom. The predicted octanol–water partition coefficient (Wildman–Crippen LogP) is 9.39. The van der Waals surface area contributed by atoms with Crippen LogP contribution in [0.3, 0.4) is 0 Å². The molecule has 36 heavy (non-hydrogen) atoms. The van der Waals surface area contributed by atoms with Crippen molar-refractivity contribution in [1.82, 2.24) is 0 Å². The molecule has 0 amide bonds. The van der Waals surface area contributed by atoms with Gasteiger partial charge in [0.25, 0.3) is 0 Å². The summed E-state index contributed by atoms with van der Waals surface area (Å²) in [6, 6.07) is 16.9. The van der Waals surface area contributed by atoms with Gasteiger partial charge in [-0.1, -0.05) is 0 Å². The van der Waals surface area contributed by atoms with Crippen LogP contribution < -0.4 is 0 Å². The van der Waals surface area contributed by atoms with Crippen molar-refractivity contribution in [3.05, 3.63) is 98.2 Å². The molecule has 0 spiro atoms. The molecule has 2 aromatic carbocycles. The molecule has 0 saturated heterocycles. The molecule has 0 fully saturated rings. The predicted molar refractivity (Wildman–Crippen MR) is 151 cm³/mol. The summed E-state index contributed by atoms with van der Waals surface area (Å²) in [5.41, 5.74) is 11.8. The first-order valence-corrected chi connectivity index (χ1v) is 17.2. The van der Waals surface area contributed by atoms with Crippen LogP contribution in [-0.4, -0.2) is 3.21 Å². The van der Waals surface area contributed by atoms with Crippen LogP contribution in [0.2, 0.25) is 0 Å². The van der Waals surface area contributed by atoms with Gasteiger partial charge in [0.1, 0.15) is 0 Å². The number of rotatable bonds is 3. The molecule has 1 unspecified atom stereocenters. The van der Waals surface area contributed by atoms with Crippen LogP contribution in [0, 0.1) is 5.92 Å². The van der Waals surface area contributed by atoms with Crippen molar-refractivity contribution in [3.8, 4) is 11.1 Å². The van der Waals surface area contributed by atoms with E-state index in [1.165, 1.54) is 33.4 Å². The van der Waals surface area contributed by atoms with Crippen LogP contribution in [0.1, 0.15) is 93.8 Å². The van der Waals surface area contributed by atoms with Crippen molar-refractivity contribution in [1.29, 1.82) is 0 Å². The van der Waals surface area contributed by atoms with Gasteiger partial charge < -0.3 is 0 Å². The quantitative estimate of drug-likeness (QED) is 0.314. The zero-order valence-electron chi connectivity index (χ0n) is 23.4. The molecule has 5 rings (SSSR count). The molecule has 1 nitrogen and oxygen atoms in total. The van der Waals surface area contributed by atoms with Crippen molar-refractivity contribution in [3.63, 3.8) is 0 Å². The topological polar surface area (TPSA) is 13.1 Å². The van der Waals surface area contributed by atoms with Crippen molar-refractivity contribution < 1.29 is 25.7 Å². The molecule has 0 saturated carbocycles. The van der Waals surface area contributed by atoms with Gasteiger partial charge in [0.05, 0.1) is 0 Å². The summed E-state index contributed by atoms with van der Waals surface area (Å²) in [6.45, 7) is 21.2. The molecule has 1 aromatic heterocycles. The second kappa shape index (κ2) is 9.06. The molecule has 3 aromatic rings. The monoisotopic (exact) mass is 554 g/mol. The van der Waals surface area contributed by atoms with E-state index in [9.17, 15) is 0 Å². The second-order valence-corrected chi connectivity index (χ2v) is 20.2. The summed E-state index contributed by atoms with van der Waals surface area (Å²) in [7, 11) is 0. The van der Waals surface area contributed by atoms with E-state index in [2.05, 4.69) is 117 Å². The van der Waals surface area contributed by atoms with Crippen LogP contribution in [0.25, 0.3) is 16.7 Å². The van der Waals surface area contributed by atoms with Gasteiger partial charge in [-0.25, -0.2) is 0 Å². The van der Waals surface area contributed by atoms with Crippen molar-refractivity contribution >= 4 is 8.78 Å². The van der Waals surface area contributed by atoms with E-state index < -0.39 is 21.3 Å². The number of hydrogen-bond donors (Lipinski definition) is 0. The average molecular weight is 556 g/mol. The molecule has 186 valence electrons. The third kappa shape index (κ3) is 4.34. The zero-order valence-corrected chi connectivity index (χ0v) is 25.9. The molecule has 2 heteroatoms. The Morgan fingerprint density at radius 2 is 1.36 bits per heavy atom. The number of fused-ring (bicyclic) bond motifs is 3. The summed E-state index contributed by atoms with van der Waals surface area (Å²) in [4.78, 5) is 0. The molecule has 2 aliphatic carbocycles. The van der Waals surface area contributed by atoms with E-state index in [1.54, 1.807) is 17.6 Å². The molecule has 2 aliphatic rings. The van der Waals surface area contributed by atoms with Gasteiger partial charge in [0.2, 0.25) is 0 Å². The van der Waals surface area contributed by atoms with Gasteiger partial charge in [-0.15, -0.1) is 0 Å². The van der Waals surface area contributed by atoms with Crippen LogP contribution in [0.4, 0.5) is 0 Å². The summed E-state index contributed by atoms with van der Waals surface area (Å²) in [5, 5.41) is 0. The van der Waals surface area contributed by atoms with E-state index in [0.717, 1.165) is 0 Å². The first kappa shape index (κ1) is 25.6. The molecule has 1 atom stereocenters. The van der Waals surface area contributed by atoms with Crippen LogP contribution in [0.5, 0.6) is 0 Å². The average Bonchev–Trinajstić information content (AvgIpc) is 3.51. The van der Waals surface area contributed by atoms with E-state index in [1.807, 2.05) is 12.5 Å². The first-order chi connectivity index (χ1) is 16.9. The molecule has 0 radical (unpaired) electrons. The van der Waals surface area contributed by atoms with Gasteiger partial charge in [-0.05, 0) is 0 Å². The number of hydrogen-bond acceptors (Lipinski definition) is 1. The minimum atomic E-state index is -2.36. The second-order valence-electron chi connectivity index (χ2n) is 12.9. The standard InChI is InChI=1S/C21H25.C10H9O.C3H6.Zr/c1-20(2,3)16-9-7-14-11-15-8-10-17(21(4,5)6)13-19(15)18(14)12-16;1-8-2-3-9(6-8)10-4-5-11-7-10;1-3-2;/h7-13H,1-6H3;2-5,7-8H,1H3;1-2H3;. The third-order valence-corrected chi connectivity index (χ3v) is 16.8. The Kier molecular flexibility index (Phi) is 6.44. The Hall–Kier alpha value is -2.05. The van der Waals surface area contributed by atoms with Crippen LogP contribution in [0.15, 0.2) is 74.8 Å².